The quantitative estimate of drug-likeness (QED) is 0.616. The fourth-order valence-electron chi connectivity index (χ4n) is 1.53. The monoisotopic (exact) mass is 414 g/mol. The van der Waals surface area contributed by atoms with Gasteiger partial charge in [0.1, 0.15) is 5.82 Å². The van der Waals surface area contributed by atoms with Crippen LogP contribution in [0.25, 0.3) is 0 Å². The van der Waals surface area contributed by atoms with Crippen LogP contribution in [0.5, 0.6) is 0 Å². The van der Waals surface area contributed by atoms with E-state index in [0.29, 0.717) is 5.82 Å². The molecular weight excluding hydrogens is 404 g/mol. The first-order valence-electron chi connectivity index (χ1n) is 5.91. The highest BCUT2D eigenvalue weighted by molar-refractivity contribution is 9.13. The van der Waals surface area contributed by atoms with Gasteiger partial charge in [-0.25, -0.2) is 4.79 Å². The Morgan fingerprint density at radius 2 is 1.95 bits per heavy atom. The topological polar surface area (TPSA) is 70.5 Å². The molecule has 0 spiro atoms. The van der Waals surface area contributed by atoms with Gasteiger partial charge in [0.15, 0.2) is 0 Å². The molecule has 0 amide bonds. The van der Waals surface area contributed by atoms with Crippen molar-refractivity contribution in [3.8, 4) is 0 Å². The average Bonchev–Trinajstić information content (AvgIpc) is 2.45. The van der Waals surface area contributed by atoms with Gasteiger partial charge < -0.3 is 0 Å². The number of nitrogens with zero attached hydrogens (tertiary/aromatic N) is 3. The number of H-pyrrole nitrogens is 1. The van der Waals surface area contributed by atoms with Crippen molar-refractivity contribution in [1.29, 1.82) is 0 Å². The summed E-state index contributed by atoms with van der Waals surface area (Å²) in [4.78, 5) is 25.7. The minimum absolute atomic E-state index is 0.329. The Balaban J connectivity index is 2.27. The Morgan fingerprint density at radius 3 is 2.57 bits per heavy atom. The summed E-state index contributed by atoms with van der Waals surface area (Å²) in [5, 5.41) is 5.63. The number of hydrazone groups is 1. The number of rotatable bonds is 3. The number of hydrogen-bond acceptors (Lipinski definition) is 4. The zero-order chi connectivity index (χ0) is 15.6. The van der Waals surface area contributed by atoms with Gasteiger partial charge in [-0.3, -0.25) is 19.4 Å². The molecule has 1 N–H and O–H groups in total. The van der Waals surface area contributed by atoms with Crippen molar-refractivity contribution in [3.05, 3.63) is 59.6 Å². The lowest BCUT2D eigenvalue weighted by Crippen LogP contribution is -2.33. The summed E-state index contributed by atoms with van der Waals surface area (Å²) in [6.45, 7) is 0. The highest BCUT2D eigenvalue weighted by Gasteiger charge is 2.04. The lowest BCUT2D eigenvalue weighted by molar-refractivity contribution is 0.766. The van der Waals surface area contributed by atoms with Crippen molar-refractivity contribution < 1.29 is 0 Å². The van der Waals surface area contributed by atoms with Gasteiger partial charge in [-0.15, -0.1) is 0 Å². The molecule has 0 radical (unpaired) electrons. The molecule has 2 aromatic rings. The number of aromatic nitrogens is 2. The Bertz CT molecular complexity index is 779. The highest BCUT2D eigenvalue weighted by atomic mass is 79.9. The molecule has 0 fully saturated rings. The molecule has 0 aliphatic rings. The van der Waals surface area contributed by atoms with Gasteiger partial charge in [0.05, 0.1) is 6.21 Å². The van der Waals surface area contributed by atoms with Gasteiger partial charge in [0, 0.05) is 29.1 Å². The summed E-state index contributed by atoms with van der Waals surface area (Å²) in [5.41, 5.74) is 0.0104. The molecule has 2 rings (SSSR count). The summed E-state index contributed by atoms with van der Waals surface area (Å²) < 4.78 is 2.85. The molecule has 8 heteroatoms. The molecule has 1 aromatic heterocycles. The molecule has 6 nitrogen and oxygen atoms in total. The smallest absolute Gasteiger partial charge is 0.292 e. The summed E-state index contributed by atoms with van der Waals surface area (Å²) in [6, 6.07) is 6.99. The van der Waals surface area contributed by atoms with Crippen molar-refractivity contribution in [2.24, 2.45) is 12.1 Å². The normalized spacial score (nSPS) is 11.0. The SMILES string of the molecule is CN(N=Cc1ccc(Br)c(Br)c1)c1cc(=O)n(C)c(=O)[nH]1. The molecule has 1 aromatic carbocycles. The van der Waals surface area contributed by atoms with Crippen LogP contribution >= 0.6 is 31.9 Å². The Labute approximate surface area is 137 Å². The number of benzene rings is 1. The molecule has 0 saturated carbocycles. The van der Waals surface area contributed by atoms with E-state index in [2.05, 4.69) is 41.9 Å². The molecule has 1 heterocycles. The lowest BCUT2D eigenvalue weighted by atomic mass is 10.2. The van der Waals surface area contributed by atoms with E-state index in [-0.39, 0.29) is 5.56 Å². The molecule has 0 atom stereocenters. The van der Waals surface area contributed by atoms with Crippen LogP contribution in [0, 0.1) is 0 Å². The van der Waals surface area contributed by atoms with Crippen LogP contribution in [0.1, 0.15) is 5.56 Å². The first-order chi connectivity index (χ1) is 9.88. The summed E-state index contributed by atoms with van der Waals surface area (Å²) >= 11 is 6.80. The molecule has 0 aliphatic carbocycles. The maximum Gasteiger partial charge on any atom is 0.329 e. The summed E-state index contributed by atoms with van der Waals surface area (Å²) in [5.74, 6) is 0.329. The lowest BCUT2D eigenvalue weighted by Gasteiger charge is -2.12. The number of hydrogen-bond donors (Lipinski definition) is 1. The number of nitrogens with one attached hydrogen (secondary N) is 1. The van der Waals surface area contributed by atoms with Crippen molar-refractivity contribution in [1.82, 2.24) is 9.55 Å². The molecule has 110 valence electrons. The Hall–Kier alpha value is -1.67. The van der Waals surface area contributed by atoms with Crippen LogP contribution in [0.4, 0.5) is 5.82 Å². The van der Waals surface area contributed by atoms with E-state index in [1.54, 1.807) is 13.3 Å². The minimum atomic E-state index is -0.481. The average molecular weight is 416 g/mol. The third-order valence-corrected chi connectivity index (χ3v) is 4.68. The molecule has 21 heavy (non-hydrogen) atoms. The van der Waals surface area contributed by atoms with E-state index >= 15 is 0 Å². The predicted molar refractivity (Wildman–Crippen MR) is 90.1 cm³/mol. The Morgan fingerprint density at radius 1 is 1.24 bits per heavy atom. The van der Waals surface area contributed by atoms with Crippen LogP contribution in [-0.2, 0) is 7.05 Å². The summed E-state index contributed by atoms with van der Waals surface area (Å²) in [7, 11) is 3.06. The minimum Gasteiger partial charge on any atom is -0.292 e. The van der Waals surface area contributed by atoms with Crippen LogP contribution < -0.4 is 16.3 Å². The summed E-state index contributed by atoms with van der Waals surface area (Å²) in [6.07, 6.45) is 1.63. The third kappa shape index (κ3) is 3.70. The van der Waals surface area contributed by atoms with E-state index in [1.807, 2.05) is 18.2 Å². The van der Waals surface area contributed by atoms with Crippen LogP contribution in [0.3, 0.4) is 0 Å². The fourth-order valence-corrected chi connectivity index (χ4v) is 2.17. The number of anilines is 1. The number of halogens is 2. The van der Waals surface area contributed by atoms with E-state index in [1.165, 1.54) is 18.1 Å². The van der Waals surface area contributed by atoms with Crippen molar-refractivity contribution in [2.45, 2.75) is 0 Å². The van der Waals surface area contributed by atoms with Crippen molar-refractivity contribution >= 4 is 43.9 Å². The zero-order valence-corrected chi connectivity index (χ0v) is 14.5. The molecule has 0 unspecified atom stereocenters. The number of aromatic amines is 1. The second kappa shape index (κ2) is 6.40. The first kappa shape index (κ1) is 15.7. The van der Waals surface area contributed by atoms with Crippen LogP contribution in [0.15, 0.2) is 47.9 Å². The van der Waals surface area contributed by atoms with E-state index < -0.39 is 5.69 Å². The first-order valence-corrected chi connectivity index (χ1v) is 7.50. The van der Waals surface area contributed by atoms with E-state index in [9.17, 15) is 9.59 Å². The van der Waals surface area contributed by atoms with Crippen molar-refractivity contribution in [2.75, 3.05) is 12.1 Å². The molecule has 0 aliphatic heterocycles. The maximum atomic E-state index is 11.6. The molecule has 0 bridgehead atoms. The van der Waals surface area contributed by atoms with Gasteiger partial charge in [0.25, 0.3) is 5.56 Å². The van der Waals surface area contributed by atoms with Crippen LogP contribution in [0.2, 0.25) is 0 Å². The van der Waals surface area contributed by atoms with Crippen LogP contribution in [-0.4, -0.2) is 22.8 Å². The zero-order valence-electron chi connectivity index (χ0n) is 11.3. The molecular formula is C13H12Br2N4O2. The largest absolute Gasteiger partial charge is 0.329 e. The van der Waals surface area contributed by atoms with E-state index in [4.69, 9.17) is 0 Å². The van der Waals surface area contributed by atoms with Gasteiger partial charge in [-0.1, -0.05) is 6.07 Å². The third-order valence-electron chi connectivity index (χ3n) is 2.80. The molecule has 0 saturated heterocycles. The van der Waals surface area contributed by atoms with Crippen molar-refractivity contribution in [3.63, 3.8) is 0 Å². The fraction of sp³-hybridized carbons (Fsp3) is 0.154. The van der Waals surface area contributed by atoms with E-state index in [0.717, 1.165) is 19.1 Å². The second-order valence-corrected chi connectivity index (χ2v) is 6.01. The highest BCUT2D eigenvalue weighted by Crippen LogP contribution is 2.23. The van der Waals surface area contributed by atoms with Gasteiger partial charge in [-0.2, -0.15) is 5.10 Å². The van der Waals surface area contributed by atoms with Gasteiger partial charge in [0.2, 0.25) is 0 Å². The van der Waals surface area contributed by atoms with Gasteiger partial charge in [-0.05, 0) is 49.6 Å². The Kier molecular flexibility index (Phi) is 4.79. The standard InChI is InChI=1S/C13H12Br2N4O2/c1-18-12(20)6-11(17-13(18)21)19(2)16-7-8-3-4-9(14)10(15)5-8/h3-7H,1-2H3,(H,17,21). The maximum absolute atomic E-state index is 11.6. The second-order valence-electron chi connectivity index (χ2n) is 4.30. The predicted octanol–water partition coefficient (Wildman–Crippen LogP) is 2.07. The van der Waals surface area contributed by atoms with Gasteiger partial charge >= 0.3 is 5.69 Å².